The number of aryl methyl sites for hydroxylation is 1. The number of fused-ring (bicyclic) bond motifs is 1. The maximum absolute atomic E-state index is 13.7. The second-order valence-electron chi connectivity index (χ2n) is 7.61. The molecular formula is C24H21ClN2O6S2. The molecule has 0 saturated carbocycles. The van der Waals surface area contributed by atoms with E-state index >= 15 is 0 Å². The number of benzene rings is 3. The quantitative estimate of drug-likeness (QED) is 0.342. The number of rotatable bonds is 7. The Bertz CT molecular complexity index is 1650. The van der Waals surface area contributed by atoms with Gasteiger partial charge in [0, 0.05) is 10.4 Å². The lowest BCUT2D eigenvalue weighted by atomic mass is 10.2. The molecule has 0 spiro atoms. The standard InChI is InChI=1S/C24H21ClN2O6S2/c1-3-33-24(28)23-22(26-34(29,30)19-11-7-8-16(2)14-19)20-15-17(25)12-13-21(20)27(23)35(31,32)18-9-5-4-6-10-18/h4-15,26H,3H2,1-2H3. The summed E-state index contributed by atoms with van der Waals surface area (Å²) in [5.74, 6) is -1.01. The van der Waals surface area contributed by atoms with Crippen LogP contribution in [-0.2, 0) is 24.8 Å². The summed E-state index contributed by atoms with van der Waals surface area (Å²) in [6.07, 6.45) is 0. The number of hydrogen-bond donors (Lipinski definition) is 1. The first kappa shape index (κ1) is 24.8. The average Bonchev–Trinajstić information content (AvgIpc) is 3.13. The molecule has 35 heavy (non-hydrogen) atoms. The van der Waals surface area contributed by atoms with Crippen LogP contribution in [0.25, 0.3) is 10.9 Å². The molecule has 0 amide bonds. The van der Waals surface area contributed by atoms with Gasteiger partial charge in [-0.1, -0.05) is 41.9 Å². The maximum atomic E-state index is 13.7. The van der Waals surface area contributed by atoms with Crippen molar-refractivity contribution < 1.29 is 26.4 Å². The van der Waals surface area contributed by atoms with Gasteiger partial charge in [0.25, 0.3) is 20.0 Å². The first-order valence-electron chi connectivity index (χ1n) is 10.5. The number of nitrogens with zero attached hydrogens (tertiary/aromatic N) is 1. The number of ether oxygens (including phenoxy) is 1. The summed E-state index contributed by atoms with van der Waals surface area (Å²) in [4.78, 5) is 13.0. The molecule has 4 aromatic rings. The third kappa shape index (κ3) is 4.64. The second-order valence-corrected chi connectivity index (χ2v) is 11.5. The second kappa shape index (κ2) is 9.37. The molecule has 11 heteroatoms. The van der Waals surface area contributed by atoms with E-state index < -0.39 is 31.7 Å². The molecule has 0 aliphatic rings. The number of nitrogens with one attached hydrogen (secondary N) is 1. The average molecular weight is 533 g/mol. The fraction of sp³-hybridized carbons (Fsp3) is 0.125. The fourth-order valence-electron chi connectivity index (χ4n) is 3.65. The van der Waals surface area contributed by atoms with E-state index in [1.807, 2.05) is 0 Å². The van der Waals surface area contributed by atoms with Crippen molar-refractivity contribution in [2.24, 2.45) is 0 Å². The summed E-state index contributed by atoms with van der Waals surface area (Å²) < 4.78 is 62.3. The topological polar surface area (TPSA) is 112 Å². The van der Waals surface area contributed by atoms with Crippen molar-refractivity contribution in [3.8, 4) is 0 Å². The molecule has 1 aromatic heterocycles. The highest BCUT2D eigenvalue weighted by molar-refractivity contribution is 7.92. The Labute approximate surface area is 208 Å². The molecular weight excluding hydrogens is 512 g/mol. The molecule has 0 fully saturated rings. The molecule has 1 heterocycles. The van der Waals surface area contributed by atoms with Gasteiger partial charge in [0.2, 0.25) is 0 Å². The number of carbonyl (C=O) groups excluding carboxylic acids is 1. The van der Waals surface area contributed by atoms with Crippen molar-refractivity contribution in [1.29, 1.82) is 0 Å². The summed E-state index contributed by atoms with van der Waals surface area (Å²) >= 11 is 6.18. The lowest BCUT2D eigenvalue weighted by molar-refractivity contribution is 0.0520. The molecule has 0 aliphatic heterocycles. The molecule has 0 bridgehead atoms. The predicted octanol–water partition coefficient (Wildman–Crippen LogP) is 4.82. The Morgan fingerprint density at radius 1 is 0.943 bits per heavy atom. The Kier molecular flexibility index (Phi) is 6.63. The normalized spacial score (nSPS) is 12.0. The van der Waals surface area contributed by atoms with Crippen molar-refractivity contribution in [1.82, 2.24) is 3.97 Å². The number of sulfonamides is 1. The SMILES string of the molecule is CCOC(=O)c1c(NS(=O)(=O)c2cccc(C)c2)c2cc(Cl)ccc2n1S(=O)(=O)c1ccccc1. The van der Waals surface area contributed by atoms with Crippen LogP contribution in [-0.4, -0.2) is 33.4 Å². The minimum absolute atomic E-state index is 0.0545. The van der Waals surface area contributed by atoms with E-state index in [9.17, 15) is 21.6 Å². The van der Waals surface area contributed by atoms with Gasteiger partial charge in [-0.25, -0.2) is 25.6 Å². The zero-order chi connectivity index (χ0) is 25.4. The zero-order valence-electron chi connectivity index (χ0n) is 18.7. The molecule has 1 N–H and O–H groups in total. The number of halogens is 1. The first-order valence-corrected chi connectivity index (χ1v) is 13.8. The van der Waals surface area contributed by atoms with E-state index in [0.717, 1.165) is 3.97 Å². The molecule has 0 unspecified atom stereocenters. The van der Waals surface area contributed by atoms with E-state index in [1.165, 1.54) is 42.5 Å². The Morgan fingerprint density at radius 3 is 2.29 bits per heavy atom. The van der Waals surface area contributed by atoms with Crippen molar-refractivity contribution in [3.63, 3.8) is 0 Å². The van der Waals surface area contributed by atoms with E-state index in [-0.39, 0.29) is 38.0 Å². The van der Waals surface area contributed by atoms with Crippen LogP contribution in [0.4, 0.5) is 5.69 Å². The highest BCUT2D eigenvalue weighted by Crippen LogP contribution is 2.37. The van der Waals surface area contributed by atoms with Crippen LogP contribution >= 0.6 is 11.6 Å². The summed E-state index contributed by atoms with van der Waals surface area (Å²) in [5, 5.41) is 0.342. The molecule has 182 valence electrons. The highest BCUT2D eigenvalue weighted by atomic mass is 35.5. The molecule has 0 saturated heterocycles. The van der Waals surface area contributed by atoms with Crippen LogP contribution in [0.3, 0.4) is 0 Å². The van der Waals surface area contributed by atoms with Crippen molar-refractivity contribution >= 4 is 54.2 Å². The molecule has 0 atom stereocenters. The monoisotopic (exact) mass is 532 g/mol. The number of carbonyl (C=O) groups is 1. The smallest absolute Gasteiger partial charge is 0.358 e. The van der Waals surface area contributed by atoms with Crippen LogP contribution in [0.2, 0.25) is 5.02 Å². The molecule has 0 radical (unpaired) electrons. The number of hydrogen-bond acceptors (Lipinski definition) is 6. The van der Waals surface area contributed by atoms with Gasteiger partial charge in [-0.15, -0.1) is 0 Å². The summed E-state index contributed by atoms with van der Waals surface area (Å²) in [5.41, 5.74) is 0.0324. The third-order valence-corrected chi connectivity index (χ3v) is 8.48. The van der Waals surface area contributed by atoms with Gasteiger partial charge < -0.3 is 4.74 Å². The Balaban J connectivity index is 2.06. The summed E-state index contributed by atoms with van der Waals surface area (Å²) in [7, 11) is -8.56. The minimum Gasteiger partial charge on any atom is -0.461 e. The Morgan fingerprint density at radius 2 is 1.63 bits per heavy atom. The molecule has 0 aliphatic carbocycles. The summed E-state index contributed by atoms with van der Waals surface area (Å²) in [6, 6.07) is 17.9. The molecule has 4 rings (SSSR count). The van der Waals surface area contributed by atoms with Gasteiger partial charge in [-0.2, -0.15) is 0 Å². The maximum Gasteiger partial charge on any atom is 0.358 e. The number of esters is 1. The zero-order valence-corrected chi connectivity index (χ0v) is 21.1. The third-order valence-electron chi connectivity index (χ3n) is 5.17. The molecule has 3 aromatic carbocycles. The lowest BCUT2D eigenvalue weighted by Gasteiger charge is -2.13. The fourth-order valence-corrected chi connectivity index (χ4v) is 6.55. The van der Waals surface area contributed by atoms with E-state index in [4.69, 9.17) is 16.3 Å². The van der Waals surface area contributed by atoms with E-state index in [1.54, 1.807) is 44.2 Å². The van der Waals surface area contributed by atoms with Gasteiger partial charge in [0.05, 0.1) is 27.6 Å². The van der Waals surface area contributed by atoms with Crippen molar-refractivity contribution in [2.45, 2.75) is 23.6 Å². The van der Waals surface area contributed by atoms with Gasteiger partial charge in [-0.05, 0) is 61.9 Å². The van der Waals surface area contributed by atoms with Crippen molar-refractivity contribution in [3.05, 3.63) is 89.1 Å². The Hall–Kier alpha value is -3.34. The van der Waals surface area contributed by atoms with Crippen LogP contribution in [0.1, 0.15) is 23.0 Å². The van der Waals surface area contributed by atoms with Gasteiger partial charge in [0.15, 0.2) is 5.69 Å². The van der Waals surface area contributed by atoms with Crippen LogP contribution in [0, 0.1) is 6.92 Å². The van der Waals surface area contributed by atoms with E-state index in [2.05, 4.69) is 4.72 Å². The van der Waals surface area contributed by atoms with Gasteiger partial charge in [-0.3, -0.25) is 4.72 Å². The number of aromatic nitrogens is 1. The predicted molar refractivity (Wildman–Crippen MR) is 134 cm³/mol. The summed E-state index contributed by atoms with van der Waals surface area (Å²) in [6.45, 7) is 3.24. The lowest BCUT2D eigenvalue weighted by Crippen LogP contribution is -2.22. The highest BCUT2D eigenvalue weighted by Gasteiger charge is 2.33. The van der Waals surface area contributed by atoms with Crippen LogP contribution < -0.4 is 4.72 Å². The van der Waals surface area contributed by atoms with Crippen LogP contribution in [0.15, 0.2) is 82.6 Å². The minimum atomic E-state index is -4.34. The molecule has 8 nitrogen and oxygen atoms in total. The van der Waals surface area contributed by atoms with Crippen molar-refractivity contribution in [2.75, 3.05) is 11.3 Å². The van der Waals surface area contributed by atoms with E-state index in [0.29, 0.717) is 5.56 Å². The van der Waals surface area contributed by atoms with Gasteiger partial charge >= 0.3 is 5.97 Å². The first-order chi connectivity index (χ1) is 16.6. The largest absolute Gasteiger partial charge is 0.461 e. The van der Waals surface area contributed by atoms with Gasteiger partial charge in [0.1, 0.15) is 0 Å². The van der Waals surface area contributed by atoms with Crippen LogP contribution in [0.5, 0.6) is 0 Å². The number of anilines is 1.